The number of nitrogens with zero attached hydrogens (tertiary/aromatic N) is 3. The number of halogens is 1. The Kier molecular flexibility index (Phi) is 6.95. The second-order valence-corrected chi connectivity index (χ2v) is 7.35. The minimum Gasteiger partial charge on any atom is -0.396 e. The number of para-hydroxylation sites is 2. The first-order valence-corrected chi connectivity index (χ1v) is 9.80. The zero-order chi connectivity index (χ0) is 19.9. The fraction of sp³-hybridized carbons (Fsp3) is 0.400. The monoisotopic (exact) mass is 402 g/mol. The second kappa shape index (κ2) is 9.61. The maximum absolute atomic E-state index is 12.2. The van der Waals surface area contributed by atoms with Gasteiger partial charge in [-0.15, -0.1) is 0 Å². The molecule has 1 heterocycles. The van der Waals surface area contributed by atoms with Gasteiger partial charge in [0.25, 0.3) is 5.69 Å². The highest BCUT2D eigenvalue weighted by molar-refractivity contribution is 6.32. The molecule has 7 nitrogen and oxygen atoms in total. The first-order valence-electron chi connectivity index (χ1n) is 9.42. The van der Waals surface area contributed by atoms with Gasteiger partial charge in [-0.3, -0.25) is 0 Å². The molecule has 1 aliphatic carbocycles. The van der Waals surface area contributed by atoms with Crippen molar-refractivity contribution in [1.82, 2.24) is 9.97 Å². The Bertz CT molecular complexity index is 845. The summed E-state index contributed by atoms with van der Waals surface area (Å²) >= 11 is 6.27. The Balaban J connectivity index is 1.77. The van der Waals surface area contributed by atoms with E-state index in [2.05, 4.69) is 27.2 Å². The van der Waals surface area contributed by atoms with E-state index < -0.39 is 0 Å². The van der Waals surface area contributed by atoms with Gasteiger partial charge in [0.15, 0.2) is 5.82 Å². The van der Waals surface area contributed by atoms with Crippen LogP contribution in [0.15, 0.2) is 43.1 Å². The molecule has 2 atom stereocenters. The molecule has 3 N–H and O–H groups in total. The second-order valence-electron chi connectivity index (χ2n) is 6.94. The number of nitrogens with one attached hydrogen (secondary N) is 2. The smallest absolute Gasteiger partial charge is 0.279 e. The minimum absolute atomic E-state index is 0.177. The van der Waals surface area contributed by atoms with Gasteiger partial charge in [0, 0.05) is 28.4 Å². The van der Waals surface area contributed by atoms with Crippen LogP contribution >= 0.6 is 11.6 Å². The third kappa shape index (κ3) is 5.05. The van der Waals surface area contributed by atoms with E-state index in [4.69, 9.17) is 11.6 Å². The van der Waals surface area contributed by atoms with Crippen molar-refractivity contribution in [2.24, 2.45) is 5.92 Å². The van der Waals surface area contributed by atoms with Gasteiger partial charge < -0.3 is 15.7 Å². The zero-order valence-corrected chi connectivity index (χ0v) is 16.4. The third-order valence-corrected chi connectivity index (χ3v) is 5.12. The van der Waals surface area contributed by atoms with Gasteiger partial charge in [0.2, 0.25) is 12.5 Å². The van der Waals surface area contributed by atoms with E-state index in [9.17, 15) is 10.0 Å². The molecule has 1 aliphatic rings. The van der Waals surface area contributed by atoms with Crippen molar-refractivity contribution in [3.05, 3.63) is 53.0 Å². The van der Waals surface area contributed by atoms with Gasteiger partial charge in [-0.1, -0.05) is 36.7 Å². The highest BCUT2D eigenvalue weighted by atomic mass is 35.5. The lowest BCUT2D eigenvalue weighted by atomic mass is 9.86. The van der Waals surface area contributed by atoms with Crippen molar-refractivity contribution >= 4 is 34.7 Å². The lowest BCUT2D eigenvalue weighted by Crippen LogP contribution is -2.29. The topological polar surface area (TPSA) is 90.2 Å². The summed E-state index contributed by atoms with van der Waals surface area (Å²) in [5, 5.41) is 16.2. The van der Waals surface area contributed by atoms with E-state index in [1.165, 1.54) is 6.20 Å². The Labute approximate surface area is 169 Å². The summed E-state index contributed by atoms with van der Waals surface area (Å²) in [6.45, 7) is 3.99. The highest BCUT2D eigenvalue weighted by Crippen LogP contribution is 2.31. The van der Waals surface area contributed by atoms with Crippen LogP contribution in [0.3, 0.4) is 0 Å². The number of rotatable bonds is 8. The molecule has 1 aromatic heterocycles. The number of benzene rings is 1. The van der Waals surface area contributed by atoms with E-state index in [1.807, 2.05) is 6.07 Å². The van der Waals surface area contributed by atoms with Crippen molar-refractivity contribution < 1.29 is 9.87 Å². The molecule has 2 aromatic rings. The van der Waals surface area contributed by atoms with Crippen LogP contribution in [0.25, 0.3) is 0 Å². The lowest BCUT2D eigenvalue weighted by Gasteiger charge is -2.28. The van der Waals surface area contributed by atoms with Gasteiger partial charge in [-0.2, -0.15) is 4.98 Å². The number of aromatic nitrogens is 2. The molecule has 0 aliphatic heterocycles. The molecule has 8 heteroatoms. The SMILES string of the molecule is C=CC[N+](=O)c1ccccc1Nc1nc(NC2CCCC(CO)C2)ncc1Cl. The maximum Gasteiger partial charge on any atom is 0.279 e. The van der Waals surface area contributed by atoms with E-state index in [1.54, 1.807) is 24.3 Å². The van der Waals surface area contributed by atoms with Crippen LogP contribution in [-0.2, 0) is 0 Å². The third-order valence-electron chi connectivity index (χ3n) is 4.84. The average molecular weight is 403 g/mol. The fourth-order valence-electron chi connectivity index (χ4n) is 3.43. The van der Waals surface area contributed by atoms with Gasteiger partial charge in [-0.05, 0) is 37.3 Å². The summed E-state index contributed by atoms with van der Waals surface area (Å²) in [6, 6.07) is 7.37. The molecule has 1 saturated carbocycles. The Morgan fingerprint density at radius 3 is 2.96 bits per heavy atom. The Hall–Kier alpha value is -2.51. The van der Waals surface area contributed by atoms with Crippen molar-refractivity contribution in [3.63, 3.8) is 0 Å². The molecule has 148 valence electrons. The first kappa shape index (κ1) is 20.2. The van der Waals surface area contributed by atoms with E-state index in [0.29, 0.717) is 34.1 Å². The molecule has 2 unspecified atom stereocenters. The average Bonchev–Trinajstić information content (AvgIpc) is 2.71. The quantitative estimate of drug-likeness (QED) is 0.447. The molecule has 0 amide bonds. The molecule has 0 bridgehead atoms. The Morgan fingerprint density at radius 2 is 2.18 bits per heavy atom. The van der Waals surface area contributed by atoms with Crippen molar-refractivity contribution in [1.29, 1.82) is 0 Å². The standard InChI is InChI=1S/C20H25ClN5O2/c1-2-10-26(28)18-9-4-3-8-17(18)24-19-16(21)12-22-20(25-19)23-15-7-5-6-14(11-15)13-27/h2-4,8-9,12,14-15,27H,1,5-7,10-11,13H2,(H2,22,23,24,25)/q+1. The van der Waals surface area contributed by atoms with Crippen LogP contribution in [0.2, 0.25) is 5.02 Å². The van der Waals surface area contributed by atoms with Crippen LogP contribution in [0.5, 0.6) is 0 Å². The summed E-state index contributed by atoms with van der Waals surface area (Å²) in [5.74, 6) is 1.21. The van der Waals surface area contributed by atoms with Crippen LogP contribution in [0.1, 0.15) is 25.7 Å². The predicted octanol–water partition coefficient (Wildman–Crippen LogP) is 4.43. The van der Waals surface area contributed by atoms with Gasteiger partial charge in [-0.25, -0.2) is 4.98 Å². The van der Waals surface area contributed by atoms with E-state index in [0.717, 1.165) is 30.4 Å². The number of aliphatic hydroxyl groups excluding tert-OH is 1. The van der Waals surface area contributed by atoms with E-state index in [-0.39, 0.29) is 19.2 Å². The normalized spacial score (nSPS) is 19.1. The highest BCUT2D eigenvalue weighted by Gasteiger charge is 2.23. The number of hydrogen-bond acceptors (Lipinski definition) is 6. The molecule has 0 spiro atoms. The van der Waals surface area contributed by atoms with Gasteiger partial charge in [0.05, 0.1) is 6.20 Å². The summed E-state index contributed by atoms with van der Waals surface area (Å²) in [7, 11) is 0. The molecule has 3 rings (SSSR count). The largest absolute Gasteiger partial charge is 0.396 e. The zero-order valence-electron chi connectivity index (χ0n) is 15.6. The van der Waals surface area contributed by atoms with Crippen LogP contribution in [0.4, 0.5) is 23.1 Å². The van der Waals surface area contributed by atoms with Crippen LogP contribution in [-0.4, -0.2) is 39.0 Å². The molecule has 0 radical (unpaired) electrons. The van der Waals surface area contributed by atoms with Crippen LogP contribution < -0.4 is 10.6 Å². The summed E-state index contributed by atoms with van der Waals surface area (Å²) in [6.07, 6.45) is 7.11. The number of nitroso groups, excluding NO2 is 1. The molecular formula is C20H25ClN5O2+. The summed E-state index contributed by atoms with van der Waals surface area (Å²) in [5.41, 5.74) is 1.08. The van der Waals surface area contributed by atoms with Crippen molar-refractivity contribution in [2.45, 2.75) is 31.7 Å². The summed E-state index contributed by atoms with van der Waals surface area (Å²) < 4.78 is 0.848. The van der Waals surface area contributed by atoms with Crippen LogP contribution in [0, 0.1) is 10.8 Å². The molecule has 1 aromatic carbocycles. The molecule has 0 saturated heterocycles. The maximum atomic E-state index is 12.2. The van der Waals surface area contributed by atoms with Gasteiger partial charge in [0.1, 0.15) is 10.7 Å². The number of hydrogen-bond donors (Lipinski definition) is 3. The van der Waals surface area contributed by atoms with Gasteiger partial charge >= 0.3 is 0 Å². The van der Waals surface area contributed by atoms with Crippen molar-refractivity contribution in [2.75, 3.05) is 23.8 Å². The summed E-state index contributed by atoms with van der Waals surface area (Å²) in [4.78, 5) is 21.0. The van der Waals surface area contributed by atoms with Crippen molar-refractivity contribution in [3.8, 4) is 0 Å². The first-order chi connectivity index (χ1) is 13.6. The molecule has 28 heavy (non-hydrogen) atoms. The lowest BCUT2D eigenvalue weighted by molar-refractivity contribution is -0.450. The minimum atomic E-state index is 0.177. The number of aliphatic hydroxyl groups is 1. The Morgan fingerprint density at radius 1 is 1.36 bits per heavy atom. The fourth-order valence-corrected chi connectivity index (χ4v) is 3.57. The molecular weight excluding hydrogens is 378 g/mol. The molecule has 1 fully saturated rings. The van der Waals surface area contributed by atoms with E-state index >= 15 is 0 Å². The predicted molar refractivity (Wildman–Crippen MR) is 112 cm³/mol. The number of anilines is 3.